The van der Waals surface area contributed by atoms with Gasteiger partial charge in [0.25, 0.3) is 0 Å². The maximum atomic E-state index is 14.6. The summed E-state index contributed by atoms with van der Waals surface area (Å²) in [4.78, 5) is 53.3. The van der Waals surface area contributed by atoms with Gasteiger partial charge in [0.1, 0.15) is 31.5 Å². The second-order valence-electron chi connectivity index (χ2n) is 20.9. The van der Waals surface area contributed by atoms with Crippen LogP contribution in [0.2, 0.25) is 54.4 Å². The molecule has 0 saturated carbocycles. The number of nitrogens with zero attached hydrogens (tertiary/aromatic N) is 3. The lowest BCUT2D eigenvalue weighted by Gasteiger charge is -2.53. The van der Waals surface area contributed by atoms with Crippen LogP contribution < -0.4 is 4.74 Å². The van der Waals surface area contributed by atoms with Gasteiger partial charge in [0.15, 0.2) is 36.8 Å². The molecule has 1 fully saturated rings. The zero-order valence-electron chi connectivity index (χ0n) is 40.5. The largest absolute Gasteiger partial charge is 0.459 e. The number of carbonyl (C=O) groups excluding carboxylic acids is 3. The van der Waals surface area contributed by atoms with Gasteiger partial charge in [0, 0.05) is 33.3 Å². The summed E-state index contributed by atoms with van der Waals surface area (Å²) >= 11 is 5.49. The predicted octanol–water partition coefficient (Wildman–Crippen LogP) is 10.5. The fourth-order valence-corrected chi connectivity index (χ4v) is 9.56. The van der Waals surface area contributed by atoms with E-state index in [9.17, 15) is 24.5 Å². The zero-order valence-corrected chi connectivity index (χ0v) is 44.2. The summed E-state index contributed by atoms with van der Waals surface area (Å²) in [5.41, 5.74) is 0.651. The van der Waals surface area contributed by atoms with Crippen LogP contribution in [-0.4, -0.2) is 115 Å². The smallest absolute Gasteiger partial charge is 0.409 e. The number of carbonyl (C=O) groups is 3. The number of hydrogen-bond acceptors (Lipinski definition) is 12. The third kappa shape index (κ3) is 14.3. The average Bonchev–Trinajstić information content (AvgIpc) is 3.15. The number of nitro benzene ring substituents is 1. The maximum absolute atomic E-state index is 14.6. The summed E-state index contributed by atoms with van der Waals surface area (Å²) < 4.78 is 46.6. The molecule has 63 heavy (non-hydrogen) atoms. The minimum absolute atomic E-state index is 0.0348. The van der Waals surface area contributed by atoms with Gasteiger partial charge in [-0.25, -0.2) is 9.59 Å². The molecule has 5 unspecified atom stereocenters. The van der Waals surface area contributed by atoms with Crippen LogP contribution in [0, 0.1) is 10.1 Å². The number of hydrogen-bond donors (Lipinski definition) is 0. The van der Waals surface area contributed by atoms with E-state index in [0.29, 0.717) is 5.56 Å². The van der Waals surface area contributed by atoms with E-state index in [1.165, 1.54) is 36.0 Å². The van der Waals surface area contributed by atoms with Crippen molar-refractivity contribution >= 4 is 59.7 Å². The summed E-state index contributed by atoms with van der Waals surface area (Å²) in [7, 11) is -5.17. The highest BCUT2D eigenvalue weighted by molar-refractivity contribution is 6.75. The molecule has 354 valence electrons. The zero-order chi connectivity index (χ0) is 48.1. The van der Waals surface area contributed by atoms with Crippen LogP contribution in [0.1, 0.15) is 73.4 Å². The van der Waals surface area contributed by atoms with Crippen LogP contribution in [0.5, 0.6) is 5.75 Å². The molecule has 1 aliphatic rings. The number of rotatable bonds is 17. The summed E-state index contributed by atoms with van der Waals surface area (Å²) in [6.07, 6.45) is -6.51. The first-order valence-corrected chi connectivity index (χ1v) is 30.4. The first kappa shape index (κ1) is 54.0. The molecule has 2 amide bonds. The van der Waals surface area contributed by atoms with Crippen molar-refractivity contribution in [3.63, 3.8) is 0 Å². The van der Waals surface area contributed by atoms with Crippen molar-refractivity contribution in [2.45, 2.75) is 161 Å². The van der Waals surface area contributed by atoms with Gasteiger partial charge >= 0.3 is 23.1 Å². The summed E-state index contributed by atoms with van der Waals surface area (Å²) in [5, 5.41) is 11.2. The van der Waals surface area contributed by atoms with E-state index in [2.05, 4.69) is 102 Å². The maximum Gasteiger partial charge on any atom is 0.409 e. The fraction of sp³-hybridized carbons (Fsp3) is 0.659. The lowest BCUT2D eigenvalue weighted by Crippen LogP contribution is -2.69. The third-order valence-corrected chi connectivity index (χ3v) is 26.6. The van der Waals surface area contributed by atoms with Crippen molar-refractivity contribution in [1.29, 1.82) is 0 Å². The van der Waals surface area contributed by atoms with Gasteiger partial charge < -0.3 is 42.0 Å². The Kier molecular flexibility index (Phi) is 17.9. The van der Waals surface area contributed by atoms with E-state index in [1.807, 2.05) is 30.3 Å². The molecule has 2 aromatic rings. The fourth-order valence-electron chi connectivity index (χ4n) is 5.60. The molecule has 1 heterocycles. The normalized spacial score (nSPS) is 20.1. The van der Waals surface area contributed by atoms with Gasteiger partial charge in [-0.1, -0.05) is 98.7 Å². The van der Waals surface area contributed by atoms with Crippen molar-refractivity contribution in [2.24, 2.45) is 0 Å². The highest BCUT2D eigenvalue weighted by Gasteiger charge is 2.59. The molecular weight excluding hydrogens is 882 g/mol. The SMILES string of the molecule is CN(CCN(C)C(=O)OCc1ccc(OC2OC(C(=O)OCc3ccccc3)C(O[Si](C)(C)C(C)(C)C)C(O[Si](C)(C)C(C)(C)C)C2O[Si](C)(C)C(C)(C)C)c([N+](=O)[O-])c1)C(=O)Cl. The molecule has 0 aliphatic carbocycles. The van der Waals surface area contributed by atoms with Crippen molar-refractivity contribution in [3.8, 4) is 5.75 Å². The lowest BCUT2D eigenvalue weighted by atomic mass is 9.99. The van der Waals surface area contributed by atoms with Crippen molar-refractivity contribution in [1.82, 2.24) is 9.80 Å². The summed E-state index contributed by atoms with van der Waals surface area (Å²) in [5.74, 6) is -0.871. The average molecular weight is 955 g/mol. The molecule has 5 atom stereocenters. The van der Waals surface area contributed by atoms with Gasteiger partial charge in [0.2, 0.25) is 6.29 Å². The van der Waals surface area contributed by atoms with E-state index >= 15 is 0 Å². The number of likely N-dealkylation sites (N-methyl/N-ethyl adjacent to an activating group) is 2. The third-order valence-electron chi connectivity index (χ3n) is 12.9. The Balaban J connectivity index is 2.21. The Morgan fingerprint density at radius 1 is 0.698 bits per heavy atom. The lowest BCUT2D eigenvalue weighted by molar-refractivity contribution is -0.387. The van der Waals surface area contributed by atoms with Gasteiger partial charge in [-0.15, -0.1) is 0 Å². The highest BCUT2D eigenvalue weighted by atomic mass is 35.5. The quantitative estimate of drug-likeness (QED) is 0.0368. The number of nitro groups is 1. The summed E-state index contributed by atoms with van der Waals surface area (Å²) in [6, 6.07) is 13.5. The highest BCUT2D eigenvalue weighted by Crippen LogP contribution is 2.47. The molecule has 1 saturated heterocycles. The Bertz CT molecular complexity index is 1900. The Hall–Kier alpha value is -3.37. The van der Waals surface area contributed by atoms with Crippen LogP contribution in [-0.2, 0) is 45.5 Å². The molecule has 0 spiro atoms. The topological polar surface area (TPSA) is 165 Å². The Labute approximate surface area is 382 Å². The Morgan fingerprint density at radius 2 is 1.17 bits per heavy atom. The molecule has 1 aliphatic heterocycles. The van der Waals surface area contributed by atoms with Gasteiger partial charge in [-0.3, -0.25) is 14.9 Å². The molecule has 0 N–H and O–H groups in total. The Morgan fingerprint density at radius 3 is 1.67 bits per heavy atom. The standard InChI is InChI=1S/C44H72ClN3O12Si3/c1-42(2,3)61(12,13)58-34-35(59-62(14,15)43(4,5)6)37(60-63(16,17)44(7,8)9)39(57-36(34)38(49)54-28-30-21-19-18-20-22-30)56-33-24-23-31(27-32(33)48(52)53)29-55-41(51)47(11)26-25-46(10)40(45)50/h18-24,27,34-37,39H,25-26,28-29H2,1-17H3. The van der Waals surface area contributed by atoms with Crippen LogP contribution in [0.3, 0.4) is 0 Å². The van der Waals surface area contributed by atoms with Crippen molar-refractivity contribution in [3.05, 3.63) is 69.8 Å². The predicted molar refractivity (Wildman–Crippen MR) is 252 cm³/mol. The minimum Gasteiger partial charge on any atom is -0.459 e. The molecule has 3 rings (SSSR count). The first-order valence-electron chi connectivity index (χ1n) is 21.3. The van der Waals surface area contributed by atoms with Crippen molar-refractivity contribution in [2.75, 3.05) is 27.2 Å². The van der Waals surface area contributed by atoms with E-state index < -0.39 is 83.7 Å². The summed E-state index contributed by atoms with van der Waals surface area (Å²) in [6.45, 7) is 31.6. The van der Waals surface area contributed by atoms with E-state index in [0.717, 1.165) is 5.56 Å². The molecule has 0 bridgehead atoms. The minimum atomic E-state index is -2.74. The number of amides is 2. The number of esters is 1. The van der Waals surface area contributed by atoms with Crippen LogP contribution in [0.4, 0.5) is 15.3 Å². The monoisotopic (exact) mass is 953 g/mol. The second kappa shape index (κ2) is 20.9. The second-order valence-corrected chi connectivity index (χ2v) is 35.5. The molecule has 15 nitrogen and oxygen atoms in total. The van der Waals surface area contributed by atoms with Crippen LogP contribution in [0.15, 0.2) is 48.5 Å². The van der Waals surface area contributed by atoms with Crippen LogP contribution in [0.25, 0.3) is 0 Å². The molecule has 0 radical (unpaired) electrons. The number of ether oxygens (including phenoxy) is 4. The van der Waals surface area contributed by atoms with Gasteiger partial charge in [0.05, 0.1) is 4.92 Å². The van der Waals surface area contributed by atoms with Gasteiger partial charge in [-0.2, -0.15) is 0 Å². The number of halogens is 1. The first-order chi connectivity index (χ1) is 28.7. The van der Waals surface area contributed by atoms with Crippen LogP contribution >= 0.6 is 11.6 Å². The van der Waals surface area contributed by atoms with E-state index in [1.54, 1.807) is 6.07 Å². The van der Waals surface area contributed by atoms with Crippen molar-refractivity contribution < 1.29 is 51.5 Å². The van der Waals surface area contributed by atoms with E-state index in [4.69, 9.17) is 43.8 Å². The van der Waals surface area contributed by atoms with Gasteiger partial charge in [-0.05, 0) is 83.2 Å². The molecule has 0 aromatic heterocycles. The molecule has 19 heteroatoms. The molecular formula is C44H72ClN3O12Si3. The van der Waals surface area contributed by atoms with E-state index in [-0.39, 0.29) is 47.2 Å². The number of benzene rings is 2. The molecule has 2 aromatic carbocycles.